The summed E-state index contributed by atoms with van der Waals surface area (Å²) in [5, 5.41) is 7.60. The Morgan fingerprint density at radius 3 is 2.97 bits per heavy atom. The number of nitrogens with zero attached hydrogens (tertiary/aromatic N) is 1. The van der Waals surface area contributed by atoms with Crippen LogP contribution >= 0.6 is 0 Å². The molecule has 1 aromatic carbocycles. The van der Waals surface area contributed by atoms with Crippen LogP contribution in [-0.2, 0) is 13.0 Å². The van der Waals surface area contributed by atoms with Gasteiger partial charge in [-0.05, 0) is 69.0 Å². The van der Waals surface area contributed by atoms with E-state index in [0.29, 0.717) is 6.54 Å². The van der Waals surface area contributed by atoms with Crippen LogP contribution in [0.25, 0.3) is 10.9 Å². The van der Waals surface area contributed by atoms with E-state index in [2.05, 4.69) is 21.7 Å². The van der Waals surface area contributed by atoms with E-state index in [0.717, 1.165) is 49.9 Å². The van der Waals surface area contributed by atoms with Crippen LogP contribution in [-0.4, -0.2) is 34.6 Å². The lowest BCUT2D eigenvalue weighted by Gasteiger charge is -2.17. The van der Waals surface area contributed by atoms with Crippen LogP contribution in [0.5, 0.6) is 0 Å². The highest BCUT2D eigenvalue weighted by molar-refractivity contribution is 5.95. The monoisotopic (exact) mass is 392 g/mol. The van der Waals surface area contributed by atoms with E-state index in [1.54, 1.807) is 10.8 Å². The third kappa shape index (κ3) is 4.27. The van der Waals surface area contributed by atoms with Gasteiger partial charge in [-0.15, -0.1) is 0 Å². The summed E-state index contributed by atoms with van der Waals surface area (Å²) >= 11 is 0. The molecule has 4 rings (SSSR count). The van der Waals surface area contributed by atoms with Crippen LogP contribution in [0.1, 0.15) is 40.7 Å². The van der Waals surface area contributed by atoms with E-state index >= 15 is 0 Å². The SMILES string of the molecule is Cc1ccn(CCc2c[nH]c3ccccc23)c(=O)c1C(=O)NC1CCCNCC1. The van der Waals surface area contributed by atoms with Gasteiger partial charge in [0, 0.05) is 35.9 Å². The van der Waals surface area contributed by atoms with E-state index in [4.69, 9.17) is 0 Å². The van der Waals surface area contributed by atoms with Crippen molar-refractivity contribution in [3.63, 3.8) is 0 Å². The quantitative estimate of drug-likeness (QED) is 0.625. The lowest BCUT2D eigenvalue weighted by atomic mass is 10.1. The fraction of sp³-hybridized carbons (Fsp3) is 0.391. The molecule has 1 aliphatic rings. The molecule has 1 aliphatic heterocycles. The number of para-hydroxylation sites is 1. The number of nitrogens with one attached hydrogen (secondary N) is 3. The first kappa shape index (κ1) is 19.5. The lowest BCUT2D eigenvalue weighted by molar-refractivity contribution is 0.0931. The molecule has 0 radical (unpaired) electrons. The van der Waals surface area contributed by atoms with Gasteiger partial charge in [-0.2, -0.15) is 0 Å². The number of fused-ring (bicyclic) bond motifs is 1. The molecular formula is C23H28N4O2. The van der Waals surface area contributed by atoms with Crippen molar-refractivity contribution in [2.75, 3.05) is 13.1 Å². The van der Waals surface area contributed by atoms with Crippen LogP contribution in [0.3, 0.4) is 0 Å². The molecule has 1 amide bonds. The van der Waals surface area contributed by atoms with Crippen molar-refractivity contribution in [2.45, 2.75) is 45.2 Å². The van der Waals surface area contributed by atoms with Gasteiger partial charge in [0.1, 0.15) is 5.56 Å². The number of pyridine rings is 1. The van der Waals surface area contributed by atoms with Crippen LogP contribution in [0, 0.1) is 6.92 Å². The van der Waals surface area contributed by atoms with Crippen molar-refractivity contribution in [3.05, 3.63) is 69.8 Å². The van der Waals surface area contributed by atoms with Gasteiger partial charge in [0.05, 0.1) is 0 Å². The molecule has 1 unspecified atom stereocenters. The van der Waals surface area contributed by atoms with Gasteiger partial charge in [0.15, 0.2) is 0 Å². The van der Waals surface area contributed by atoms with Crippen LogP contribution < -0.4 is 16.2 Å². The van der Waals surface area contributed by atoms with E-state index in [-0.39, 0.29) is 23.1 Å². The summed E-state index contributed by atoms with van der Waals surface area (Å²) in [6.45, 7) is 4.24. The molecule has 29 heavy (non-hydrogen) atoms. The molecule has 152 valence electrons. The maximum atomic E-state index is 13.0. The first-order valence-corrected chi connectivity index (χ1v) is 10.4. The maximum Gasteiger partial charge on any atom is 0.263 e. The summed E-state index contributed by atoms with van der Waals surface area (Å²) in [7, 11) is 0. The van der Waals surface area contributed by atoms with Gasteiger partial charge in [0.2, 0.25) is 0 Å². The molecule has 1 saturated heterocycles. The Balaban J connectivity index is 1.51. The Morgan fingerprint density at radius 2 is 2.07 bits per heavy atom. The number of aryl methyl sites for hydroxylation is 3. The van der Waals surface area contributed by atoms with Gasteiger partial charge in [-0.25, -0.2) is 0 Å². The van der Waals surface area contributed by atoms with Crippen molar-refractivity contribution in [1.82, 2.24) is 20.2 Å². The summed E-state index contributed by atoms with van der Waals surface area (Å²) in [5.41, 5.74) is 3.04. The normalized spacial score (nSPS) is 17.2. The number of aromatic amines is 1. The molecule has 3 aromatic rings. The Kier molecular flexibility index (Phi) is 5.81. The molecule has 0 spiro atoms. The Bertz CT molecular complexity index is 1060. The summed E-state index contributed by atoms with van der Waals surface area (Å²) in [5.74, 6) is -0.249. The zero-order valence-electron chi connectivity index (χ0n) is 16.8. The van der Waals surface area contributed by atoms with Gasteiger partial charge in [-0.1, -0.05) is 18.2 Å². The van der Waals surface area contributed by atoms with Crippen molar-refractivity contribution < 1.29 is 4.79 Å². The van der Waals surface area contributed by atoms with Crippen molar-refractivity contribution in [2.24, 2.45) is 0 Å². The lowest BCUT2D eigenvalue weighted by Crippen LogP contribution is -2.40. The Hall–Kier alpha value is -2.86. The molecule has 0 aliphatic carbocycles. The standard InChI is InChI=1S/C23H28N4O2/c1-16-9-13-27(14-10-17-15-25-20-7-3-2-6-19(17)20)23(29)21(16)22(28)26-18-5-4-11-24-12-8-18/h2-3,6-7,9,13,15,18,24-25H,4-5,8,10-12,14H2,1H3,(H,26,28). The number of hydrogen-bond acceptors (Lipinski definition) is 3. The third-order valence-corrected chi connectivity index (χ3v) is 5.81. The highest BCUT2D eigenvalue weighted by Crippen LogP contribution is 2.18. The van der Waals surface area contributed by atoms with E-state index in [1.807, 2.05) is 37.4 Å². The predicted octanol–water partition coefficient (Wildman–Crippen LogP) is 2.75. The number of H-pyrrole nitrogens is 1. The second-order valence-corrected chi connectivity index (χ2v) is 7.83. The second kappa shape index (κ2) is 8.66. The molecule has 0 saturated carbocycles. The fourth-order valence-corrected chi connectivity index (χ4v) is 4.12. The zero-order chi connectivity index (χ0) is 20.2. The summed E-state index contributed by atoms with van der Waals surface area (Å²) < 4.78 is 1.65. The second-order valence-electron chi connectivity index (χ2n) is 7.83. The molecule has 6 heteroatoms. The van der Waals surface area contributed by atoms with E-state index < -0.39 is 0 Å². The van der Waals surface area contributed by atoms with Crippen molar-refractivity contribution in [1.29, 1.82) is 0 Å². The number of hydrogen-bond donors (Lipinski definition) is 3. The first-order valence-electron chi connectivity index (χ1n) is 10.4. The Labute approximate surface area is 170 Å². The summed E-state index contributed by atoms with van der Waals surface area (Å²) in [4.78, 5) is 29.2. The van der Waals surface area contributed by atoms with Crippen LogP contribution in [0.4, 0.5) is 0 Å². The topological polar surface area (TPSA) is 78.9 Å². The minimum absolute atomic E-state index is 0.121. The average molecular weight is 393 g/mol. The highest BCUT2D eigenvalue weighted by atomic mass is 16.2. The van der Waals surface area contributed by atoms with Gasteiger partial charge in [-0.3, -0.25) is 9.59 Å². The van der Waals surface area contributed by atoms with Crippen molar-refractivity contribution >= 4 is 16.8 Å². The Morgan fingerprint density at radius 1 is 1.21 bits per heavy atom. The first-order chi connectivity index (χ1) is 14.1. The summed E-state index contributed by atoms with van der Waals surface area (Å²) in [6, 6.07) is 10.1. The van der Waals surface area contributed by atoms with Gasteiger partial charge < -0.3 is 20.2 Å². The average Bonchev–Trinajstić information content (AvgIpc) is 2.95. The summed E-state index contributed by atoms with van der Waals surface area (Å²) in [6.07, 6.45) is 7.39. The van der Waals surface area contributed by atoms with Gasteiger partial charge in [0.25, 0.3) is 11.5 Å². The molecule has 6 nitrogen and oxygen atoms in total. The molecule has 3 N–H and O–H groups in total. The predicted molar refractivity (Wildman–Crippen MR) is 115 cm³/mol. The van der Waals surface area contributed by atoms with E-state index in [1.165, 1.54) is 10.9 Å². The highest BCUT2D eigenvalue weighted by Gasteiger charge is 2.20. The number of carbonyl (C=O) groups excluding carboxylic acids is 1. The minimum Gasteiger partial charge on any atom is -0.361 e. The minimum atomic E-state index is -0.249. The molecule has 3 heterocycles. The largest absolute Gasteiger partial charge is 0.361 e. The van der Waals surface area contributed by atoms with Gasteiger partial charge >= 0.3 is 0 Å². The number of benzene rings is 1. The molecule has 1 fully saturated rings. The fourth-order valence-electron chi connectivity index (χ4n) is 4.12. The smallest absolute Gasteiger partial charge is 0.263 e. The van der Waals surface area contributed by atoms with Crippen LogP contribution in [0.15, 0.2) is 47.5 Å². The number of carbonyl (C=O) groups is 1. The number of aromatic nitrogens is 2. The zero-order valence-corrected chi connectivity index (χ0v) is 16.8. The maximum absolute atomic E-state index is 13.0. The van der Waals surface area contributed by atoms with E-state index in [9.17, 15) is 9.59 Å². The van der Waals surface area contributed by atoms with Crippen LogP contribution in [0.2, 0.25) is 0 Å². The van der Waals surface area contributed by atoms with Crippen molar-refractivity contribution in [3.8, 4) is 0 Å². The third-order valence-electron chi connectivity index (χ3n) is 5.81. The number of rotatable bonds is 5. The molecular weight excluding hydrogens is 364 g/mol. The molecule has 2 aromatic heterocycles. The molecule has 1 atom stereocenters. The molecule has 0 bridgehead atoms. The number of amides is 1.